The van der Waals surface area contributed by atoms with Gasteiger partial charge in [-0.15, -0.1) is 12.4 Å². The number of aromatic nitrogens is 2. The first-order valence-electron chi connectivity index (χ1n) is 5.98. The molecule has 6 heteroatoms. The molecular formula is C11H21ClN4O. The van der Waals surface area contributed by atoms with Crippen molar-refractivity contribution >= 4 is 12.4 Å². The highest BCUT2D eigenvalue weighted by Crippen LogP contribution is 2.23. The number of likely N-dealkylation sites (tertiary alicyclic amines) is 1. The van der Waals surface area contributed by atoms with E-state index in [0.717, 1.165) is 12.4 Å². The van der Waals surface area contributed by atoms with E-state index in [1.807, 2.05) is 0 Å². The zero-order valence-corrected chi connectivity index (χ0v) is 11.2. The molecule has 5 nitrogen and oxygen atoms in total. The second-order valence-corrected chi connectivity index (χ2v) is 4.61. The fourth-order valence-electron chi connectivity index (χ4n) is 2.39. The maximum atomic E-state index is 5.44. The highest BCUT2D eigenvalue weighted by Gasteiger charge is 2.25. The van der Waals surface area contributed by atoms with Crippen LogP contribution >= 0.6 is 12.4 Å². The van der Waals surface area contributed by atoms with E-state index < -0.39 is 0 Å². The van der Waals surface area contributed by atoms with E-state index in [-0.39, 0.29) is 12.4 Å². The Balaban J connectivity index is 0.00000144. The number of hydrogen-bond acceptors (Lipinski definition) is 5. The molecule has 1 aromatic rings. The number of nitrogens with zero attached hydrogens (tertiary/aromatic N) is 3. The molecule has 1 aliphatic rings. The third-order valence-electron chi connectivity index (χ3n) is 3.38. The Kier molecular flexibility index (Phi) is 5.36. The lowest BCUT2D eigenvalue weighted by Gasteiger charge is -2.38. The molecule has 0 saturated carbocycles. The van der Waals surface area contributed by atoms with Crippen molar-refractivity contribution in [3.63, 3.8) is 0 Å². The van der Waals surface area contributed by atoms with Crippen molar-refractivity contribution in [2.45, 2.75) is 58.3 Å². The van der Waals surface area contributed by atoms with Crippen molar-refractivity contribution in [2.75, 3.05) is 0 Å². The predicted molar refractivity (Wildman–Crippen MR) is 67.8 cm³/mol. The first-order chi connectivity index (χ1) is 7.70. The second-order valence-electron chi connectivity index (χ2n) is 4.61. The van der Waals surface area contributed by atoms with Crippen LogP contribution in [0.5, 0.6) is 0 Å². The summed E-state index contributed by atoms with van der Waals surface area (Å²) in [5, 5.41) is 3.94. The van der Waals surface area contributed by atoms with Crippen molar-refractivity contribution < 1.29 is 4.52 Å². The predicted octanol–water partition coefficient (Wildman–Crippen LogP) is 1.71. The molecule has 1 saturated heterocycles. The summed E-state index contributed by atoms with van der Waals surface area (Å²) in [6.45, 7) is 5.61. The molecule has 2 rings (SSSR count). The summed E-state index contributed by atoms with van der Waals surface area (Å²) >= 11 is 0. The van der Waals surface area contributed by atoms with Crippen LogP contribution in [0.3, 0.4) is 0 Å². The van der Waals surface area contributed by atoms with Gasteiger partial charge >= 0.3 is 0 Å². The lowest BCUT2D eigenvalue weighted by molar-refractivity contribution is 0.0913. The fraction of sp³-hybridized carbons (Fsp3) is 0.818. The van der Waals surface area contributed by atoms with Crippen molar-refractivity contribution in [1.82, 2.24) is 15.0 Å². The Morgan fingerprint density at radius 2 is 2.00 bits per heavy atom. The Hall–Kier alpha value is -0.650. The maximum Gasteiger partial charge on any atom is 0.240 e. The van der Waals surface area contributed by atoms with Crippen molar-refractivity contribution in [3.8, 4) is 0 Å². The summed E-state index contributed by atoms with van der Waals surface area (Å²) in [5.41, 5.74) is 5.44. The minimum atomic E-state index is 0. The van der Waals surface area contributed by atoms with E-state index >= 15 is 0 Å². The van der Waals surface area contributed by atoms with E-state index in [2.05, 4.69) is 28.9 Å². The Morgan fingerprint density at radius 3 is 2.53 bits per heavy atom. The van der Waals surface area contributed by atoms with Gasteiger partial charge in [-0.3, -0.25) is 4.90 Å². The minimum absolute atomic E-state index is 0. The number of piperidine rings is 1. The van der Waals surface area contributed by atoms with Gasteiger partial charge in [0.1, 0.15) is 0 Å². The van der Waals surface area contributed by atoms with E-state index in [9.17, 15) is 0 Å². The van der Waals surface area contributed by atoms with Crippen molar-refractivity contribution in [2.24, 2.45) is 5.73 Å². The standard InChI is InChI=1S/C11H20N4O.ClH/c1-8-4-3-5-9(2)15(8)7-10-13-11(6-12)16-14-10;/h8-9H,3-7,12H2,1-2H3;1H/t8-,9+;. The summed E-state index contributed by atoms with van der Waals surface area (Å²) in [4.78, 5) is 6.69. The Morgan fingerprint density at radius 1 is 1.35 bits per heavy atom. The number of hydrogen-bond donors (Lipinski definition) is 1. The van der Waals surface area contributed by atoms with E-state index in [1.54, 1.807) is 0 Å². The van der Waals surface area contributed by atoms with Crippen LogP contribution in [0.15, 0.2) is 4.52 Å². The van der Waals surface area contributed by atoms with Gasteiger partial charge in [-0.25, -0.2) is 0 Å². The monoisotopic (exact) mass is 260 g/mol. The third-order valence-corrected chi connectivity index (χ3v) is 3.38. The van der Waals surface area contributed by atoms with Crippen LogP contribution in [0.25, 0.3) is 0 Å². The second kappa shape index (κ2) is 6.33. The van der Waals surface area contributed by atoms with Gasteiger partial charge in [0.05, 0.1) is 13.1 Å². The molecule has 1 fully saturated rings. The van der Waals surface area contributed by atoms with Gasteiger partial charge < -0.3 is 10.3 Å². The van der Waals surface area contributed by atoms with Crippen LogP contribution in [0.1, 0.15) is 44.8 Å². The third kappa shape index (κ3) is 3.40. The SMILES string of the molecule is C[C@@H]1CCC[C@H](C)N1Cc1noc(CN)n1.Cl. The molecule has 17 heavy (non-hydrogen) atoms. The summed E-state index contributed by atoms with van der Waals surface area (Å²) in [5.74, 6) is 1.27. The molecule has 1 aromatic heterocycles. The van der Waals surface area contributed by atoms with Crippen LogP contribution in [0.4, 0.5) is 0 Å². The van der Waals surface area contributed by atoms with Crippen LogP contribution in [-0.4, -0.2) is 27.1 Å². The number of halogens is 1. The van der Waals surface area contributed by atoms with Crippen LogP contribution in [0.2, 0.25) is 0 Å². The normalized spacial score (nSPS) is 25.6. The summed E-state index contributed by atoms with van der Waals surface area (Å²) in [6.07, 6.45) is 3.83. The molecule has 0 aromatic carbocycles. The van der Waals surface area contributed by atoms with Crippen molar-refractivity contribution in [1.29, 1.82) is 0 Å². The molecule has 2 atom stereocenters. The molecule has 0 radical (unpaired) electrons. The molecule has 2 heterocycles. The first kappa shape index (κ1) is 14.4. The first-order valence-corrected chi connectivity index (χ1v) is 5.98. The smallest absolute Gasteiger partial charge is 0.240 e. The molecule has 0 unspecified atom stereocenters. The van der Waals surface area contributed by atoms with Gasteiger partial charge in [0, 0.05) is 12.1 Å². The van der Waals surface area contributed by atoms with Gasteiger partial charge in [-0.1, -0.05) is 11.6 Å². The van der Waals surface area contributed by atoms with Crippen molar-refractivity contribution in [3.05, 3.63) is 11.7 Å². The zero-order chi connectivity index (χ0) is 11.5. The van der Waals surface area contributed by atoms with Crippen LogP contribution in [-0.2, 0) is 13.1 Å². The number of nitrogens with two attached hydrogens (primary N) is 1. The molecule has 98 valence electrons. The number of rotatable bonds is 3. The molecular weight excluding hydrogens is 240 g/mol. The molecule has 2 N–H and O–H groups in total. The maximum absolute atomic E-state index is 5.44. The van der Waals surface area contributed by atoms with Gasteiger partial charge in [0.2, 0.25) is 5.89 Å². The van der Waals surface area contributed by atoms with Gasteiger partial charge in [0.15, 0.2) is 5.82 Å². The molecule has 0 amide bonds. The molecule has 1 aliphatic heterocycles. The summed E-state index contributed by atoms with van der Waals surface area (Å²) < 4.78 is 5.01. The van der Waals surface area contributed by atoms with Gasteiger partial charge in [0.25, 0.3) is 0 Å². The van der Waals surface area contributed by atoms with E-state index in [4.69, 9.17) is 10.3 Å². The highest BCUT2D eigenvalue weighted by atomic mass is 35.5. The summed E-state index contributed by atoms with van der Waals surface area (Å²) in [7, 11) is 0. The molecule has 0 aliphatic carbocycles. The Labute approximate surface area is 108 Å². The van der Waals surface area contributed by atoms with Crippen LogP contribution in [0, 0.1) is 0 Å². The Bertz CT molecular complexity index is 334. The topological polar surface area (TPSA) is 68.2 Å². The van der Waals surface area contributed by atoms with E-state index in [1.165, 1.54) is 19.3 Å². The lowest BCUT2D eigenvalue weighted by atomic mass is 9.98. The van der Waals surface area contributed by atoms with Gasteiger partial charge in [-0.05, 0) is 26.7 Å². The van der Waals surface area contributed by atoms with Gasteiger partial charge in [-0.2, -0.15) is 4.98 Å². The largest absolute Gasteiger partial charge is 0.338 e. The average Bonchev–Trinajstić information content (AvgIpc) is 2.71. The average molecular weight is 261 g/mol. The van der Waals surface area contributed by atoms with Crippen LogP contribution < -0.4 is 5.73 Å². The molecule has 0 bridgehead atoms. The lowest BCUT2D eigenvalue weighted by Crippen LogP contribution is -2.43. The van der Waals surface area contributed by atoms with E-state index in [0.29, 0.717) is 24.5 Å². The minimum Gasteiger partial charge on any atom is -0.338 e. The fourth-order valence-corrected chi connectivity index (χ4v) is 2.39. The molecule has 0 spiro atoms. The zero-order valence-electron chi connectivity index (χ0n) is 10.4. The highest BCUT2D eigenvalue weighted by molar-refractivity contribution is 5.85. The summed E-state index contributed by atoms with van der Waals surface area (Å²) in [6, 6.07) is 1.20. The quantitative estimate of drug-likeness (QED) is 0.896.